The zero-order valence-electron chi connectivity index (χ0n) is 11.7. The van der Waals surface area contributed by atoms with E-state index < -0.39 is 22.7 Å². The van der Waals surface area contributed by atoms with Gasteiger partial charge in [-0.2, -0.15) is 13.2 Å². The van der Waals surface area contributed by atoms with Crippen LogP contribution in [0, 0.1) is 0 Å². The molecule has 0 aliphatic rings. The number of carbonyl (C=O) groups is 1. The molecule has 0 amide bonds. The zero-order valence-corrected chi connectivity index (χ0v) is 12.5. The van der Waals surface area contributed by atoms with E-state index in [4.69, 9.17) is 4.74 Å². The Morgan fingerprint density at radius 3 is 2.41 bits per heavy atom. The first-order chi connectivity index (χ1) is 10.4. The number of esters is 1. The zero-order chi connectivity index (χ0) is 16.3. The second-order valence-corrected chi connectivity index (χ2v) is 5.14. The summed E-state index contributed by atoms with van der Waals surface area (Å²) in [6, 6.07) is 6.36. The number of hydrogen-bond acceptors (Lipinski definition) is 5. The Labute approximate surface area is 128 Å². The summed E-state index contributed by atoms with van der Waals surface area (Å²) in [6.07, 6.45) is -4.72. The maximum Gasteiger partial charge on any atom is 0.435 e. The van der Waals surface area contributed by atoms with Crippen molar-refractivity contribution in [1.82, 2.24) is 4.98 Å². The van der Waals surface area contributed by atoms with Gasteiger partial charge in [-0.1, -0.05) is 0 Å². The fourth-order valence-electron chi connectivity index (χ4n) is 1.70. The normalized spacial score (nSPS) is 11.3. The topological polar surface area (TPSA) is 48.4 Å². The van der Waals surface area contributed by atoms with Crippen LogP contribution in [0.15, 0.2) is 24.3 Å². The number of thiazole rings is 1. The molecule has 2 rings (SSSR count). The SMILES string of the molecule is CCOC(=O)c1sc(-c2ccc(OC)cc2)nc1C(F)(F)F. The number of carbonyl (C=O) groups excluding carboxylic acids is 1. The molecule has 118 valence electrons. The van der Waals surface area contributed by atoms with E-state index in [1.54, 1.807) is 24.3 Å². The maximum atomic E-state index is 13.0. The highest BCUT2D eigenvalue weighted by atomic mass is 32.1. The van der Waals surface area contributed by atoms with Crippen LogP contribution >= 0.6 is 11.3 Å². The van der Waals surface area contributed by atoms with Gasteiger partial charge < -0.3 is 9.47 Å². The highest BCUT2D eigenvalue weighted by Gasteiger charge is 2.40. The van der Waals surface area contributed by atoms with Gasteiger partial charge in [0, 0.05) is 5.56 Å². The maximum absolute atomic E-state index is 13.0. The van der Waals surface area contributed by atoms with Gasteiger partial charge in [-0.25, -0.2) is 9.78 Å². The van der Waals surface area contributed by atoms with Crippen LogP contribution in [0.25, 0.3) is 10.6 Å². The summed E-state index contributed by atoms with van der Waals surface area (Å²) >= 11 is 0.655. The van der Waals surface area contributed by atoms with Crippen LogP contribution in [0.2, 0.25) is 0 Å². The van der Waals surface area contributed by atoms with E-state index in [1.807, 2.05) is 0 Å². The Balaban J connectivity index is 2.47. The second kappa shape index (κ2) is 6.35. The number of aromatic nitrogens is 1. The molecule has 0 saturated heterocycles. The fraction of sp³-hybridized carbons (Fsp3) is 0.286. The number of halogens is 3. The van der Waals surface area contributed by atoms with Crippen molar-refractivity contribution >= 4 is 17.3 Å². The lowest BCUT2D eigenvalue weighted by atomic mass is 10.2. The number of ether oxygens (including phenoxy) is 2. The lowest BCUT2D eigenvalue weighted by Crippen LogP contribution is -2.13. The Hall–Kier alpha value is -2.09. The van der Waals surface area contributed by atoms with Crippen LogP contribution in [-0.2, 0) is 10.9 Å². The highest BCUT2D eigenvalue weighted by molar-refractivity contribution is 7.17. The van der Waals surface area contributed by atoms with Gasteiger partial charge >= 0.3 is 12.1 Å². The van der Waals surface area contributed by atoms with E-state index in [0.29, 0.717) is 22.6 Å². The predicted octanol–water partition coefficient (Wildman–Crippen LogP) is 4.01. The lowest BCUT2D eigenvalue weighted by Gasteiger charge is -2.05. The standard InChI is InChI=1S/C14H12F3NO3S/c1-3-21-13(19)10-11(14(15,16)17)18-12(22-10)8-4-6-9(20-2)7-5-8/h4-7H,3H2,1-2H3. The third kappa shape index (κ3) is 3.38. The lowest BCUT2D eigenvalue weighted by molar-refractivity contribution is -0.141. The molecule has 0 saturated carbocycles. The molecule has 8 heteroatoms. The summed E-state index contributed by atoms with van der Waals surface area (Å²) in [7, 11) is 1.49. The summed E-state index contributed by atoms with van der Waals surface area (Å²) in [4.78, 5) is 14.7. The summed E-state index contributed by atoms with van der Waals surface area (Å²) < 4.78 is 48.7. The number of methoxy groups -OCH3 is 1. The van der Waals surface area contributed by atoms with Crippen molar-refractivity contribution in [3.05, 3.63) is 34.8 Å². The van der Waals surface area contributed by atoms with E-state index in [1.165, 1.54) is 14.0 Å². The largest absolute Gasteiger partial charge is 0.497 e. The first kappa shape index (κ1) is 16.3. The van der Waals surface area contributed by atoms with E-state index in [0.717, 1.165) is 0 Å². The molecule has 0 spiro atoms. The number of alkyl halides is 3. The summed E-state index contributed by atoms with van der Waals surface area (Å²) in [5, 5.41) is 0.0954. The van der Waals surface area contributed by atoms with Crippen molar-refractivity contribution in [3.8, 4) is 16.3 Å². The highest BCUT2D eigenvalue weighted by Crippen LogP contribution is 2.38. The number of benzene rings is 1. The molecule has 22 heavy (non-hydrogen) atoms. The molecule has 2 aromatic rings. The van der Waals surface area contributed by atoms with Crippen LogP contribution in [0.1, 0.15) is 22.3 Å². The molecule has 0 aliphatic carbocycles. The Kier molecular flexibility index (Phi) is 4.70. The molecule has 0 radical (unpaired) electrons. The van der Waals surface area contributed by atoms with Crippen LogP contribution < -0.4 is 4.74 Å². The minimum Gasteiger partial charge on any atom is -0.497 e. The van der Waals surface area contributed by atoms with Crippen LogP contribution in [0.3, 0.4) is 0 Å². The quantitative estimate of drug-likeness (QED) is 0.794. The van der Waals surface area contributed by atoms with Gasteiger partial charge in [-0.3, -0.25) is 0 Å². The van der Waals surface area contributed by atoms with Gasteiger partial charge in [0.2, 0.25) is 0 Å². The Morgan fingerprint density at radius 1 is 1.27 bits per heavy atom. The molecule has 0 atom stereocenters. The monoisotopic (exact) mass is 331 g/mol. The molecule has 0 fully saturated rings. The average Bonchev–Trinajstić information content (AvgIpc) is 2.93. The van der Waals surface area contributed by atoms with E-state index in [-0.39, 0.29) is 11.6 Å². The molecule has 1 heterocycles. The van der Waals surface area contributed by atoms with Crippen molar-refractivity contribution in [2.45, 2.75) is 13.1 Å². The van der Waals surface area contributed by atoms with Gasteiger partial charge in [0.05, 0.1) is 13.7 Å². The third-order valence-electron chi connectivity index (χ3n) is 2.69. The second-order valence-electron chi connectivity index (χ2n) is 4.14. The summed E-state index contributed by atoms with van der Waals surface area (Å²) in [6.45, 7) is 1.52. The van der Waals surface area contributed by atoms with Crippen LogP contribution in [0.4, 0.5) is 13.2 Å². The summed E-state index contributed by atoms with van der Waals surface area (Å²) in [5.74, 6) is -0.450. The molecule has 0 unspecified atom stereocenters. The van der Waals surface area contributed by atoms with E-state index >= 15 is 0 Å². The summed E-state index contributed by atoms with van der Waals surface area (Å²) in [5.41, 5.74) is -0.756. The van der Waals surface area contributed by atoms with Gasteiger partial charge in [-0.15, -0.1) is 11.3 Å². The molecule has 1 aromatic carbocycles. The Bertz CT molecular complexity index is 665. The van der Waals surface area contributed by atoms with Crippen LogP contribution in [0.5, 0.6) is 5.75 Å². The third-order valence-corrected chi connectivity index (χ3v) is 3.78. The molecule has 0 N–H and O–H groups in total. The molecule has 0 aliphatic heterocycles. The fourth-order valence-corrected chi connectivity index (χ4v) is 2.69. The van der Waals surface area contributed by atoms with Crippen molar-refractivity contribution in [3.63, 3.8) is 0 Å². The van der Waals surface area contributed by atoms with Gasteiger partial charge in [0.1, 0.15) is 15.6 Å². The molecular formula is C14H12F3NO3S. The number of hydrogen-bond donors (Lipinski definition) is 0. The van der Waals surface area contributed by atoms with E-state index in [9.17, 15) is 18.0 Å². The van der Waals surface area contributed by atoms with Gasteiger partial charge in [0.15, 0.2) is 5.69 Å². The molecule has 4 nitrogen and oxygen atoms in total. The number of rotatable bonds is 4. The van der Waals surface area contributed by atoms with Gasteiger partial charge in [-0.05, 0) is 31.2 Å². The van der Waals surface area contributed by atoms with Crippen molar-refractivity contribution < 1.29 is 27.4 Å². The van der Waals surface area contributed by atoms with Crippen molar-refractivity contribution in [2.24, 2.45) is 0 Å². The van der Waals surface area contributed by atoms with E-state index in [2.05, 4.69) is 9.72 Å². The molecular weight excluding hydrogens is 319 g/mol. The number of nitrogens with zero attached hydrogens (tertiary/aromatic N) is 1. The van der Waals surface area contributed by atoms with Gasteiger partial charge in [0.25, 0.3) is 0 Å². The minimum atomic E-state index is -4.72. The first-order valence-corrected chi connectivity index (χ1v) is 7.08. The van der Waals surface area contributed by atoms with Crippen molar-refractivity contribution in [1.29, 1.82) is 0 Å². The minimum absolute atomic E-state index is 0.00804. The molecule has 1 aromatic heterocycles. The predicted molar refractivity (Wildman–Crippen MR) is 75.1 cm³/mol. The Morgan fingerprint density at radius 2 is 1.91 bits per heavy atom. The molecule has 0 bridgehead atoms. The average molecular weight is 331 g/mol. The van der Waals surface area contributed by atoms with Crippen molar-refractivity contribution in [2.75, 3.05) is 13.7 Å². The van der Waals surface area contributed by atoms with Crippen LogP contribution in [-0.4, -0.2) is 24.7 Å². The smallest absolute Gasteiger partial charge is 0.435 e. The first-order valence-electron chi connectivity index (χ1n) is 6.26.